The summed E-state index contributed by atoms with van der Waals surface area (Å²) in [5.41, 5.74) is -0.258. The minimum Gasteiger partial charge on any atom is -0.390 e. The van der Waals surface area contributed by atoms with Crippen LogP contribution < -0.4 is 0 Å². The molecule has 0 aromatic rings. The third kappa shape index (κ3) is 3.46. The first-order valence-electron chi connectivity index (χ1n) is 7.70. The van der Waals surface area contributed by atoms with Crippen LogP contribution in [0.3, 0.4) is 0 Å². The van der Waals surface area contributed by atoms with E-state index in [-0.39, 0.29) is 11.7 Å². The van der Waals surface area contributed by atoms with Crippen molar-refractivity contribution in [3.8, 4) is 0 Å². The molecule has 3 nitrogen and oxygen atoms in total. The Morgan fingerprint density at radius 1 is 1.28 bits per heavy atom. The average Bonchev–Trinajstić information content (AvgIpc) is 2.90. The topological polar surface area (TPSA) is 38.7 Å². The van der Waals surface area contributed by atoms with Gasteiger partial charge in [-0.1, -0.05) is 19.3 Å². The Kier molecular flexibility index (Phi) is 5.46. The molecule has 2 aliphatic rings. The van der Waals surface area contributed by atoms with Crippen LogP contribution in [0.15, 0.2) is 0 Å². The molecule has 2 rings (SSSR count). The number of aliphatic hydroxyl groups excluding tert-OH is 1. The van der Waals surface area contributed by atoms with E-state index in [4.69, 9.17) is 9.47 Å². The average molecular weight is 256 g/mol. The quantitative estimate of drug-likeness (QED) is 0.794. The molecule has 0 aromatic heterocycles. The third-order valence-electron chi connectivity index (χ3n) is 4.53. The molecule has 1 aliphatic carbocycles. The summed E-state index contributed by atoms with van der Waals surface area (Å²) < 4.78 is 11.6. The highest BCUT2D eigenvalue weighted by molar-refractivity contribution is 4.91. The van der Waals surface area contributed by atoms with Crippen molar-refractivity contribution >= 4 is 0 Å². The monoisotopic (exact) mass is 256 g/mol. The van der Waals surface area contributed by atoms with Crippen LogP contribution in [0, 0.1) is 0 Å². The molecule has 18 heavy (non-hydrogen) atoms. The first-order valence-corrected chi connectivity index (χ1v) is 7.70. The highest BCUT2D eigenvalue weighted by Gasteiger charge is 2.39. The van der Waals surface area contributed by atoms with Crippen molar-refractivity contribution in [2.75, 3.05) is 13.2 Å². The zero-order valence-electron chi connectivity index (χ0n) is 11.7. The second-order valence-electron chi connectivity index (χ2n) is 5.79. The lowest BCUT2D eigenvalue weighted by molar-refractivity contribution is -0.143. The van der Waals surface area contributed by atoms with Gasteiger partial charge in [0.25, 0.3) is 0 Å². The smallest absolute Gasteiger partial charge is 0.0940 e. The lowest BCUT2D eigenvalue weighted by Crippen LogP contribution is -2.46. The maximum atomic E-state index is 10.5. The number of hydrogen-bond acceptors (Lipinski definition) is 3. The van der Waals surface area contributed by atoms with Crippen LogP contribution in [0.2, 0.25) is 0 Å². The van der Waals surface area contributed by atoms with Gasteiger partial charge in [-0.15, -0.1) is 0 Å². The predicted molar refractivity (Wildman–Crippen MR) is 71.7 cm³/mol. The molecule has 2 unspecified atom stereocenters. The van der Waals surface area contributed by atoms with Gasteiger partial charge in [-0.05, 0) is 45.4 Å². The van der Waals surface area contributed by atoms with E-state index in [1.54, 1.807) is 0 Å². The second kappa shape index (κ2) is 6.88. The Bertz CT molecular complexity index is 224. The van der Waals surface area contributed by atoms with Gasteiger partial charge in [0.15, 0.2) is 0 Å². The highest BCUT2D eigenvalue weighted by atomic mass is 16.5. The van der Waals surface area contributed by atoms with Crippen LogP contribution in [0.5, 0.6) is 0 Å². The molecule has 2 fully saturated rings. The van der Waals surface area contributed by atoms with Crippen molar-refractivity contribution in [2.45, 2.75) is 82.5 Å². The van der Waals surface area contributed by atoms with Gasteiger partial charge in [0.2, 0.25) is 0 Å². The highest BCUT2D eigenvalue weighted by Crippen LogP contribution is 2.36. The van der Waals surface area contributed by atoms with Gasteiger partial charge >= 0.3 is 0 Å². The molecule has 1 aliphatic heterocycles. The lowest BCUT2D eigenvalue weighted by Gasteiger charge is -2.41. The number of rotatable bonds is 6. The van der Waals surface area contributed by atoms with Gasteiger partial charge in [0.05, 0.1) is 17.8 Å². The summed E-state index contributed by atoms with van der Waals surface area (Å²) in [6, 6.07) is 0. The molecule has 106 valence electrons. The third-order valence-corrected chi connectivity index (χ3v) is 4.53. The summed E-state index contributed by atoms with van der Waals surface area (Å²) in [6.07, 6.45) is 9.91. The maximum Gasteiger partial charge on any atom is 0.0940 e. The van der Waals surface area contributed by atoms with Crippen LogP contribution in [-0.4, -0.2) is 36.1 Å². The van der Waals surface area contributed by atoms with Crippen molar-refractivity contribution in [3.05, 3.63) is 0 Å². The Morgan fingerprint density at radius 2 is 2.06 bits per heavy atom. The largest absolute Gasteiger partial charge is 0.390 e. The zero-order valence-corrected chi connectivity index (χ0v) is 11.7. The van der Waals surface area contributed by atoms with Crippen molar-refractivity contribution in [3.63, 3.8) is 0 Å². The molecule has 0 bridgehead atoms. The predicted octanol–water partition coefficient (Wildman–Crippen LogP) is 3.05. The van der Waals surface area contributed by atoms with E-state index in [2.05, 4.69) is 0 Å². The van der Waals surface area contributed by atoms with Crippen LogP contribution in [0.1, 0.15) is 64.7 Å². The molecule has 1 saturated heterocycles. The molecule has 3 heteroatoms. The van der Waals surface area contributed by atoms with Crippen LogP contribution in [-0.2, 0) is 9.47 Å². The summed E-state index contributed by atoms with van der Waals surface area (Å²) in [5, 5.41) is 10.5. The Morgan fingerprint density at radius 3 is 2.67 bits per heavy atom. The molecule has 0 amide bonds. The molecular weight excluding hydrogens is 228 g/mol. The minimum absolute atomic E-state index is 0.258. The molecule has 0 aromatic carbocycles. The molecular formula is C15H28O3. The summed E-state index contributed by atoms with van der Waals surface area (Å²) in [4.78, 5) is 0. The minimum atomic E-state index is -0.318. The van der Waals surface area contributed by atoms with E-state index >= 15 is 0 Å². The van der Waals surface area contributed by atoms with Gasteiger partial charge in [0, 0.05) is 13.2 Å². The summed E-state index contributed by atoms with van der Waals surface area (Å²) >= 11 is 0. The molecule has 0 radical (unpaired) electrons. The van der Waals surface area contributed by atoms with Crippen LogP contribution >= 0.6 is 0 Å². The summed E-state index contributed by atoms with van der Waals surface area (Å²) in [7, 11) is 0. The van der Waals surface area contributed by atoms with Gasteiger partial charge in [-0.3, -0.25) is 0 Å². The van der Waals surface area contributed by atoms with Crippen molar-refractivity contribution in [1.82, 2.24) is 0 Å². The lowest BCUT2D eigenvalue weighted by atomic mass is 9.78. The number of aliphatic hydroxyl groups is 1. The van der Waals surface area contributed by atoms with Crippen LogP contribution in [0.4, 0.5) is 0 Å². The standard InChI is InChI=1S/C15H28O3/c1-2-18-15(10-4-3-5-11-15)14(16)9-8-13-7-6-12-17-13/h13-14,16H,2-12H2,1H3. The molecule has 0 spiro atoms. The van der Waals surface area contributed by atoms with E-state index in [0.29, 0.717) is 12.7 Å². The molecule has 1 N–H and O–H groups in total. The first-order chi connectivity index (χ1) is 8.77. The Balaban J connectivity index is 1.84. The normalized spacial score (nSPS) is 29.3. The van der Waals surface area contributed by atoms with E-state index in [0.717, 1.165) is 38.7 Å². The van der Waals surface area contributed by atoms with E-state index in [1.807, 2.05) is 6.92 Å². The zero-order chi connectivity index (χ0) is 12.8. The number of ether oxygens (including phenoxy) is 2. The maximum absolute atomic E-state index is 10.5. The molecule has 2 atom stereocenters. The van der Waals surface area contributed by atoms with E-state index < -0.39 is 0 Å². The van der Waals surface area contributed by atoms with Crippen molar-refractivity contribution in [1.29, 1.82) is 0 Å². The summed E-state index contributed by atoms with van der Waals surface area (Å²) in [6.45, 7) is 3.64. The van der Waals surface area contributed by atoms with Crippen LogP contribution in [0.25, 0.3) is 0 Å². The fourth-order valence-electron chi connectivity index (χ4n) is 3.49. The molecule has 1 heterocycles. The van der Waals surface area contributed by atoms with E-state index in [1.165, 1.54) is 25.7 Å². The second-order valence-corrected chi connectivity index (χ2v) is 5.79. The Hall–Kier alpha value is -0.120. The van der Waals surface area contributed by atoms with Crippen molar-refractivity contribution in [2.24, 2.45) is 0 Å². The van der Waals surface area contributed by atoms with Crippen molar-refractivity contribution < 1.29 is 14.6 Å². The van der Waals surface area contributed by atoms with Gasteiger partial charge in [0.1, 0.15) is 0 Å². The van der Waals surface area contributed by atoms with Gasteiger partial charge in [-0.2, -0.15) is 0 Å². The Labute approximate surface area is 111 Å². The SMILES string of the molecule is CCOC1(C(O)CCC2CCCO2)CCCCC1. The first kappa shape index (κ1) is 14.3. The van der Waals surface area contributed by atoms with Gasteiger partial charge < -0.3 is 14.6 Å². The summed E-state index contributed by atoms with van der Waals surface area (Å²) in [5.74, 6) is 0. The van der Waals surface area contributed by atoms with Gasteiger partial charge in [-0.25, -0.2) is 0 Å². The number of hydrogen-bond donors (Lipinski definition) is 1. The fraction of sp³-hybridized carbons (Fsp3) is 1.00. The van der Waals surface area contributed by atoms with E-state index in [9.17, 15) is 5.11 Å². The fourth-order valence-corrected chi connectivity index (χ4v) is 3.49. The molecule has 1 saturated carbocycles.